The van der Waals surface area contributed by atoms with E-state index in [1.165, 1.54) is 0 Å². The average molecular weight is 323 g/mol. The second-order valence-electron chi connectivity index (χ2n) is 3.93. The molecule has 19 heavy (non-hydrogen) atoms. The smallest absolute Gasteiger partial charge is 0.162 e. The molecule has 0 fully saturated rings. The number of halogens is 1. The van der Waals surface area contributed by atoms with Crippen LogP contribution in [0.2, 0.25) is 0 Å². The van der Waals surface area contributed by atoms with Crippen molar-refractivity contribution in [3.8, 4) is 11.5 Å². The first-order valence-corrected chi connectivity index (χ1v) is 6.57. The normalized spacial score (nSPS) is 10.1. The van der Waals surface area contributed by atoms with Crippen LogP contribution >= 0.6 is 15.9 Å². The van der Waals surface area contributed by atoms with Crippen LogP contribution in [0.5, 0.6) is 11.5 Å². The van der Waals surface area contributed by atoms with E-state index in [1.807, 2.05) is 30.5 Å². The fourth-order valence-corrected chi connectivity index (χ4v) is 2.12. The summed E-state index contributed by atoms with van der Waals surface area (Å²) in [4.78, 5) is 4.13. The molecule has 0 saturated carbocycles. The summed E-state index contributed by atoms with van der Waals surface area (Å²) < 4.78 is 11.4. The number of aromatic nitrogens is 1. The number of methoxy groups -OCH3 is 2. The van der Waals surface area contributed by atoms with Crippen LogP contribution in [0.15, 0.2) is 41.1 Å². The molecule has 0 saturated heterocycles. The number of pyridine rings is 1. The molecule has 0 aliphatic rings. The Labute approximate surface area is 120 Å². The monoisotopic (exact) mass is 322 g/mol. The molecule has 1 N–H and O–H groups in total. The molecule has 1 heterocycles. The van der Waals surface area contributed by atoms with Gasteiger partial charge in [0, 0.05) is 35.2 Å². The zero-order valence-electron chi connectivity index (χ0n) is 10.8. The number of ether oxygens (including phenoxy) is 2. The number of hydrogen-bond acceptors (Lipinski definition) is 4. The molecule has 0 spiro atoms. The Bertz CT molecular complexity index is 561. The highest BCUT2D eigenvalue weighted by molar-refractivity contribution is 9.10. The Hall–Kier alpha value is -1.75. The summed E-state index contributed by atoms with van der Waals surface area (Å²) in [6.07, 6.45) is 3.60. The van der Waals surface area contributed by atoms with E-state index in [0.29, 0.717) is 12.3 Å². The van der Waals surface area contributed by atoms with Gasteiger partial charge in [-0.1, -0.05) is 0 Å². The summed E-state index contributed by atoms with van der Waals surface area (Å²) in [5, 5.41) is 3.32. The fourth-order valence-electron chi connectivity index (χ4n) is 1.70. The highest BCUT2D eigenvalue weighted by atomic mass is 79.9. The summed E-state index contributed by atoms with van der Waals surface area (Å²) in [5.74, 6) is 1.43. The quantitative estimate of drug-likeness (QED) is 0.915. The van der Waals surface area contributed by atoms with Crippen LogP contribution in [0.1, 0.15) is 5.56 Å². The first kappa shape index (κ1) is 13.7. The lowest BCUT2D eigenvalue weighted by Gasteiger charge is -2.11. The zero-order chi connectivity index (χ0) is 13.7. The molecular formula is C14H15BrN2O2. The molecular weight excluding hydrogens is 308 g/mol. The van der Waals surface area contributed by atoms with Gasteiger partial charge in [0.05, 0.1) is 14.2 Å². The SMILES string of the molecule is COc1ccc(NCc2cncc(Br)c2)cc1OC. The minimum Gasteiger partial charge on any atom is -0.493 e. The van der Waals surface area contributed by atoms with E-state index in [4.69, 9.17) is 9.47 Å². The van der Waals surface area contributed by atoms with Crippen LogP contribution < -0.4 is 14.8 Å². The van der Waals surface area contributed by atoms with E-state index in [9.17, 15) is 0 Å². The van der Waals surface area contributed by atoms with E-state index in [-0.39, 0.29) is 0 Å². The van der Waals surface area contributed by atoms with Gasteiger partial charge in [-0.25, -0.2) is 0 Å². The van der Waals surface area contributed by atoms with Crippen LogP contribution in [0.3, 0.4) is 0 Å². The lowest BCUT2D eigenvalue weighted by Crippen LogP contribution is -2.00. The van der Waals surface area contributed by atoms with Crippen LogP contribution in [0, 0.1) is 0 Å². The highest BCUT2D eigenvalue weighted by Crippen LogP contribution is 2.29. The van der Waals surface area contributed by atoms with Crippen molar-refractivity contribution in [1.82, 2.24) is 4.98 Å². The van der Waals surface area contributed by atoms with Gasteiger partial charge in [0.25, 0.3) is 0 Å². The standard InChI is InChI=1S/C14H15BrN2O2/c1-18-13-4-3-12(6-14(13)19-2)17-8-10-5-11(15)9-16-7-10/h3-7,9,17H,8H2,1-2H3. The van der Waals surface area contributed by atoms with Gasteiger partial charge in [-0.05, 0) is 39.7 Å². The van der Waals surface area contributed by atoms with E-state index >= 15 is 0 Å². The maximum atomic E-state index is 5.26. The van der Waals surface area contributed by atoms with Gasteiger partial charge in [-0.3, -0.25) is 4.98 Å². The number of anilines is 1. The second-order valence-corrected chi connectivity index (χ2v) is 4.85. The molecule has 0 radical (unpaired) electrons. The molecule has 100 valence electrons. The van der Waals surface area contributed by atoms with Gasteiger partial charge in [0.15, 0.2) is 11.5 Å². The zero-order valence-corrected chi connectivity index (χ0v) is 12.4. The number of hydrogen-bond donors (Lipinski definition) is 1. The molecule has 0 amide bonds. The van der Waals surface area contributed by atoms with Gasteiger partial charge in [0.2, 0.25) is 0 Å². The summed E-state index contributed by atoms with van der Waals surface area (Å²) >= 11 is 3.40. The molecule has 0 bridgehead atoms. The molecule has 2 aromatic rings. The highest BCUT2D eigenvalue weighted by Gasteiger charge is 2.04. The summed E-state index contributed by atoms with van der Waals surface area (Å²) in [6.45, 7) is 0.696. The van der Waals surface area contributed by atoms with Crippen molar-refractivity contribution < 1.29 is 9.47 Å². The summed E-state index contributed by atoms with van der Waals surface area (Å²) in [7, 11) is 3.25. The third kappa shape index (κ3) is 3.61. The van der Waals surface area contributed by atoms with E-state index < -0.39 is 0 Å². The van der Waals surface area contributed by atoms with Gasteiger partial charge < -0.3 is 14.8 Å². The molecule has 0 unspecified atom stereocenters. The van der Waals surface area contributed by atoms with Crippen molar-refractivity contribution in [2.75, 3.05) is 19.5 Å². The number of nitrogens with zero attached hydrogens (tertiary/aromatic N) is 1. The maximum Gasteiger partial charge on any atom is 0.162 e. The lowest BCUT2D eigenvalue weighted by atomic mass is 10.2. The fraction of sp³-hybridized carbons (Fsp3) is 0.214. The Kier molecular flexibility index (Phi) is 4.63. The van der Waals surface area contributed by atoms with Crippen molar-refractivity contribution in [1.29, 1.82) is 0 Å². The number of benzene rings is 1. The topological polar surface area (TPSA) is 43.4 Å². The third-order valence-corrected chi connectivity index (χ3v) is 3.08. The first-order valence-electron chi connectivity index (χ1n) is 5.78. The Morgan fingerprint density at radius 3 is 2.58 bits per heavy atom. The molecule has 1 aromatic carbocycles. The molecule has 0 aliphatic carbocycles. The summed E-state index contributed by atoms with van der Waals surface area (Å²) in [6, 6.07) is 7.76. The van der Waals surface area contributed by atoms with Gasteiger partial charge in [-0.15, -0.1) is 0 Å². The molecule has 0 aliphatic heterocycles. The van der Waals surface area contributed by atoms with Crippen LogP contribution in [-0.2, 0) is 6.54 Å². The Morgan fingerprint density at radius 2 is 1.89 bits per heavy atom. The lowest BCUT2D eigenvalue weighted by molar-refractivity contribution is 0.355. The van der Waals surface area contributed by atoms with Crippen molar-refractivity contribution in [3.63, 3.8) is 0 Å². The molecule has 1 aromatic heterocycles. The van der Waals surface area contributed by atoms with E-state index in [0.717, 1.165) is 21.5 Å². The molecule has 4 nitrogen and oxygen atoms in total. The van der Waals surface area contributed by atoms with Gasteiger partial charge in [0.1, 0.15) is 0 Å². The molecule has 5 heteroatoms. The average Bonchev–Trinajstić information content (AvgIpc) is 2.45. The minimum absolute atomic E-state index is 0.696. The summed E-state index contributed by atoms with van der Waals surface area (Å²) in [5.41, 5.74) is 2.07. The van der Waals surface area contributed by atoms with Crippen molar-refractivity contribution >= 4 is 21.6 Å². The van der Waals surface area contributed by atoms with E-state index in [1.54, 1.807) is 20.4 Å². The second kappa shape index (κ2) is 6.43. The van der Waals surface area contributed by atoms with Crippen LogP contribution in [0.4, 0.5) is 5.69 Å². The molecule has 0 atom stereocenters. The Balaban J connectivity index is 2.07. The largest absolute Gasteiger partial charge is 0.493 e. The van der Waals surface area contributed by atoms with Gasteiger partial charge >= 0.3 is 0 Å². The van der Waals surface area contributed by atoms with Crippen LogP contribution in [-0.4, -0.2) is 19.2 Å². The van der Waals surface area contributed by atoms with Crippen molar-refractivity contribution in [2.24, 2.45) is 0 Å². The predicted octanol–water partition coefficient (Wildman–Crippen LogP) is 3.47. The molecule has 2 rings (SSSR count). The number of nitrogens with one attached hydrogen (secondary N) is 1. The first-order chi connectivity index (χ1) is 9.22. The van der Waals surface area contributed by atoms with Crippen LogP contribution in [0.25, 0.3) is 0 Å². The number of rotatable bonds is 5. The van der Waals surface area contributed by atoms with E-state index in [2.05, 4.69) is 26.2 Å². The maximum absolute atomic E-state index is 5.26. The van der Waals surface area contributed by atoms with Gasteiger partial charge in [-0.2, -0.15) is 0 Å². The van der Waals surface area contributed by atoms with Crippen molar-refractivity contribution in [2.45, 2.75) is 6.54 Å². The van der Waals surface area contributed by atoms with Crippen molar-refractivity contribution in [3.05, 3.63) is 46.7 Å². The third-order valence-electron chi connectivity index (χ3n) is 2.64. The minimum atomic E-state index is 0.696. The Morgan fingerprint density at radius 1 is 1.11 bits per heavy atom. The predicted molar refractivity (Wildman–Crippen MR) is 78.8 cm³/mol.